The lowest BCUT2D eigenvalue weighted by Gasteiger charge is -2.48. The van der Waals surface area contributed by atoms with Crippen LogP contribution in [-0.2, 0) is 4.79 Å². The van der Waals surface area contributed by atoms with E-state index < -0.39 is 0 Å². The van der Waals surface area contributed by atoms with Gasteiger partial charge < -0.3 is 15.0 Å². The minimum atomic E-state index is 0.0993. The average molecular weight is 389 g/mol. The molecule has 2 fully saturated rings. The minimum absolute atomic E-state index is 0.0993. The van der Waals surface area contributed by atoms with Crippen LogP contribution in [0.5, 0.6) is 0 Å². The first-order chi connectivity index (χ1) is 13.1. The molecule has 1 aromatic carbocycles. The SMILES string of the molecule is CC(CC(=O)N1C(CCO)CC2CCCC1C2)c1c[nH]c2cccc(Cl)c12. The van der Waals surface area contributed by atoms with Crippen molar-refractivity contribution in [2.45, 2.75) is 69.9 Å². The second kappa shape index (κ2) is 7.84. The molecule has 2 bridgehead atoms. The number of carbonyl (C=O) groups excluding carboxylic acids is 1. The van der Waals surface area contributed by atoms with Gasteiger partial charge in [0.05, 0.1) is 5.02 Å². The van der Waals surface area contributed by atoms with Crippen LogP contribution in [0.3, 0.4) is 0 Å². The summed E-state index contributed by atoms with van der Waals surface area (Å²) < 4.78 is 0. The number of fused-ring (bicyclic) bond motifs is 3. The number of aliphatic hydroxyl groups excluding tert-OH is 1. The van der Waals surface area contributed by atoms with Crippen molar-refractivity contribution in [2.24, 2.45) is 5.92 Å². The van der Waals surface area contributed by atoms with Gasteiger partial charge in [0.1, 0.15) is 0 Å². The van der Waals surface area contributed by atoms with Crippen molar-refractivity contribution in [3.8, 4) is 0 Å². The van der Waals surface area contributed by atoms with Gasteiger partial charge in [0.25, 0.3) is 0 Å². The number of halogens is 1. The molecule has 4 unspecified atom stereocenters. The number of nitrogens with one attached hydrogen (secondary N) is 1. The summed E-state index contributed by atoms with van der Waals surface area (Å²) in [6.45, 7) is 2.26. The molecule has 27 heavy (non-hydrogen) atoms. The summed E-state index contributed by atoms with van der Waals surface area (Å²) in [7, 11) is 0. The molecular weight excluding hydrogens is 360 g/mol. The predicted molar refractivity (Wildman–Crippen MR) is 109 cm³/mol. The third-order valence-corrected chi connectivity index (χ3v) is 6.91. The number of hydrogen-bond donors (Lipinski definition) is 2. The summed E-state index contributed by atoms with van der Waals surface area (Å²) >= 11 is 6.42. The number of likely N-dealkylation sites (tertiary alicyclic amines) is 1. The Kier molecular flexibility index (Phi) is 5.47. The van der Waals surface area contributed by atoms with Gasteiger partial charge in [-0.05, 0) is 55.2 Å². The van der Waals surface area contributed by atoms with Crippen molar-refractivity contribution in [3.05, 3.63) is 35.0 Å². The van der Waals surface area contributed by atoms with Crippen molar-refractivity contribution in [3.63, 3.8) is 0 Å². The summed E-state index contributed by atoms with van der Waals surface area (Å²) in [6, 6.07) is 6.42. The fraction of sp³-hybridized carbons (Fsp3) is 0.591. The Bertz CT molecular complexity index is 818. The average Bonchev–Trinajstić information content (AvgIpc) is 3.07. The number of hydrogen-bond acceptors (Lipinski definition) is 2. The molecule has 1 aliphatic carbocycles. The number of aromatic nitrogens is 1. The molecule has 2 aliphatic rings. The number of nitrogens with zero attached hydrogens (tertiary/aromatic N) is 1. The molecule has 1 amide bonds. The molecule has 146 valence electrons. The molecule has 2 N–H and O–H groups in total. The Morgan fingerprint density at radius 3 is 3.04 bits per heavy atom. The van der Waals surface area contributed by atoms with E-state index in [0.717, 1.165) is 46.7 Å². The smallest absolute Gasteiger partial charge is 0.223 e. The summed E-state index contributed by atoms with van der Waals surface area (Å²) in [5.41, 5.74) is 2.13. The van der Waals surface area contributed by atoms with Crippen molar-refractivity contribution in [2.75, 3.05) is 6.61 Å². The maximum absolute atomic E-state index is 13.3. The van der Waals surface area contributed by atoms with E-state index in [1.807, 2.05) is 24.4 Å². The molecule has 1 saturated carbocycles. The third-order valence-electron chi connectivity index (χ3n) is 6.59. The van der Waals surface area contributed by atoms with Crippen LogP contribution in [0, 0.1) is 5.92 Å². The number of carbonyl (C=O) groups is 1. The molecule has 4 rings (SSSR count). The largest absolute Gasteiger partial charge is 0.396 e. The molecule has 1 aromatic heterocycles. The molecule has 5 heteroatoms. The van der Waals surface area contributed by atoms with E-state index in [9.17, 15) is 9.90 Å². The van der Waals surface area contributed by atoms with Gasteiger partial charge in [-0.15, -0.1) is 0 Å². The zero-order chi connectivity index (χ0) is 19.0. The molecule has 0 spiro atoms. The Labute approximate surface area is 165 Å². The highest BCUT2D eigenvalue weighted by Gasteiger charge is 2.40. The lowest BCUT2D eigenvalue weighted by Crippen LogP contribution is -2.54. The first kappa shape index (κ1) is 18.8. The molecular formula is C22H29ClN2O2. The van der Waals surface area contributed by atoms with Gasteiger partial charge >= 0.3 is 0 Å². The normalized spacial score (nSPS) is 26.3. The van der Waals surface area contributed by atoms with Gasteiger partial charge in [-0.2, -0.15) is 0 Å². The van der Waals surface area contributed by atoms with Gasteiger partial charge in [-0.3, -0.25) is 4.79 Å². The van der Waals surface area contributed by atoms with E-state index in [2.05, 4.69) is 16.8 Å². The van der Waals surface area contributed by atoms with Crippen LogP contribution in [0.1, 0.15) is 63.4 Å². The number of aromatic amines is 1. The second-order valence-corrected chi connectivity index (χ2v) is 8.81. The Morgan fingerprint density at radius 1 is 1.37 bits per heavy atom. The summed E-state index contributed by atoms with van der Waals surface area (Å²) in [5, 5.41) is 11.3. The van der Waals surface area contributed by atoms with E-state index >= 15 is 0 Å². The van der Waals surface area contributed by atoms with E-state index in [0.29, 0.717) is 18.9 Å². The summed E-state index contributed by atoms with van der Waals surface area (Å²) in [6.07, 6.45) is 8.98. The second-order valence-electron chi connectivity index (χ2n) is 8.40. The highest BCUT2D eigenvalue weighted by atomic mass is 35.5. The molecule has 4 nitrogen and oxygen atoms in total. The zero-order valence-electron chi connectivity index (χ0n) is 16.0. The molecule has 1 aliphatic heterocycles. The van der Waals surface area contributed by atoms with Crippen LogP contribution in [-0.4, -0.2) is 39.6 Å². The maximum Gasteiger partial charge on any atom is 0.223 e. The van der Waals surface area contributed by atoms with Crippen LogP contribution in [0.15, 0.2) is 24.4 Å². The van der Waals surface area contributed by atoms with Gasteiger partial charge in [0.15, 0.2) is 0 Å². The number of H-pyrrole nitrogens is 1. The molecule has 2 aromatic rings. The Balaban J connectivity index is 1.54. The van der Waals surface area contributed by atoms with Gasteiger partial charge in [-0.25, -0.2) is 0 Å². The minimum Gasteiger partial charge on any atom is -0.396 e. The standard InChI is InChI=1S/C22H29ClN2O2/c1-14(18-13-24-20-7-3-6-19(23)22(18)20)10-21(27)25-16-5-2-4-15(11-16)12-17(25)8-9-26/h3,6-7,13-17,24,26H,2,4-5,8-12H2,1H3. The van der Waals surface area contributed by atoms with E-state index in [4.69, 9.17) is 11.6 Å². The summed E-state index contributed by atoms with van der Waals surface area (Å²) in [4.78, 5) is 18.7. The number of aliphatic hydroxyl groups is 1. The maximum atomic E-state index is 13.3. The fourth-order valence-electron chi connectivity index (χ4n) is 5.37. The Morgan fingerprint density at radius 2 is 2.22 bits per heavy atom. The van der Waals surface area contributed by atoms with E-state index in [1.165, 1.54) is 12.8 Å². The molecule has 1 saturated heterocycles. The number of piperidine rings is 1. The van der Waals surface area contributed by atoms with Gasteiger partial charge in [0, 0.05) is 42.2 Å². The van der Waals surface area contributed by atoms with Crippen LogP contribution in [0.2, 0.25) is 5.02 Å². The van der Waals surface area contributed by atoms with Crippen LogP contribution in [0.4, 0.5) is 0 Å². The molecule has 0 radical (unpaired) electrons. The van der Waals surface area contributed by atoms with E-state index in [1.54, 1.807) is 0 Å². The first-order valence-corrected chi connectivity index (χ1v) is 10.6. The quantitative estimate of drug-likeness (QED) is 0.768. The van der Waals surface area contributed by atoms with Crippen LogP contribution < -0.4 is 0 Å². The van der Waals surface area contributed by atoms with Gasteiger partial charge in [-0.1, -0.05) is 37.4 Å². The Hall–Kier alpha value is -1.52. The number of benzene rings is 1. The highest BCUT2D eigenvalue weighted by Crippen LogP contribution is 2.40. The van der Waals surface area contributed by atoms with Crippen molar-refractivity contribution < 1.29 is 9.90 Å². The lowest BCUT2D eigenvalue weighted by atomic mass is 9.75. The van der Waals surface area contributed by atoms with Crippen molar-refractivity contribution in [1.82, 2.24) is 9.88 Å². The third kappa shape index (κ3) is 3.62. The fourth-order valence-corrected chi connectivity index (χ4v) is 5.65. The molecule has 2 heterocycles. The van der Waals surface area contributed by atoms with E-state index in [-0.39, 0.29) is 24.5 Å². The number of amides is 1. The van der Waals surface area contributed by atoms with Crippen LogP contribution in [0.25, 0.3) is 10.9 Å². The van der Waals surface area contributed by atoms with Crippen LogP contribution >= 0.6 is 11.6 Å². The predicted octanol–water partition coefficient (Wildman–Crippen LogP) is 4.86. The lowest BCUT2D eigenvalue weighted by molar-refractivity contribution is -0.142. The highest BCUT2D eigenvalue weighted by molar-refractivity contribution is 6.35. The monoisotopic (exact) mass is 388 g/mol. The summed E-state index contributed by atoms with van der Waals surface area (Å²) in [5.74, 6) is 1.06. The topological polar surface area (TPSA) is 56.3 Å². The zero-order valence-corrected chi connectivity index (χ0v) is 16.7. The first-order valence-electron chi connectivity index (χ1n) is 10.3. The van der Waals surface area contributed by atoms with Crippen molar-refractivity contribution in [1.29, 1.82) is 0 Å². The molecule has 4 atom stereocenters. The van der Waals surface area contributed by atoms with Gasteiger partial charge in [0.2, 0.25) is 5.91 Å². The van der Waals surface area contributed by atoms with Crippen molar-refractivity contribution >= 4 is 28.4 Å². The number of rotatable bonds is 5.